The van der Waals surface area contributed by atoms with Crippen LogP contribution in [0.15, 0.2) is 30.3 Å². The van der Waals surface area contributed by atoms with Crippen molar-refractivity contribution in [3.05, 3.63) is 30.3 Å². The summed E-state index contributed by atoms with van der Waals surface area (Å²) in [4.78, 5) is 24.5. The van der Waals surface area contributed by atoms with Gasteiger partial charge < -0.3 is 10.6 Å². The van der Waals surface area contributed by atoms with Crippen LogP contribution >= 0.6 is 0 Å². The van der Waals surface area contributed by atoms with Gasteiger partial charge in [-0.15, -0.1) is 0 Å². The summed E-state index contributed by atoms with van der Waals surface area (Å²) in [6, 6.07) is 9.05. The van der Waals surface area contributed by atoms with Crippen molar-refractivity contribution in [2.75, 3.05) is 4.90 Å². The van der Waals surface area contributed by atoms with Gasteiger partial charge in [0, 0.05) is 11.7 Å². The first-order chi connectivity index (χ1) is 8.97. The highest BCUT2D eigenvalue weighted by atomic mass is 16.1. The lowest BCUT2D eigenvalue weighted by molar-refractivity contribution is -0.123. The second kappa shape index (κ2) is 6.92. The smallest absolute Gasteiger partial charge is 0.222 e. The monoisotopic (exact) mass is 262 g/mol. The lowest BCUT2D eigenvalue weighted by Gasteiger charge is -2.31. The Kier molecular flexibility index (Phi) is 5.55. The van der Waals surface area contributed by atoms with Gasteiger partial charge in [0.05, 0.1) is 5.92 Å². The minimum Gasteiger partial charge on any atom is -0.369 e. The van der Waals surface area contributed by atoms with E-state index < -0.39 is 0 Å². The third-order valence-corrected chi connectivity index (χ3v) is 3.28. The van der Waals surface area contributed by atoms with Crippen molar-refractivity contribution in [2.45, 2.75) is 33.2 Å². The molecule has 0 fully saturated rings. The molecule has 0 aliphatic carbocycles. The second-order valence-electron chi connectivity index (χ2n) is 5.23. The standard InChI is InChI=1S/C15H22N2O2/c1-11(2)9-14(15(16)19)12(3)17(10-18)13-7-5-4-6-8-13/h4-8,10-12,14H,9H2,1-3H3,(H2,16,19). The van der Waals surface area contributed by atoms with E-state index in [1.54, 1.807) is 4.90 Å². The van der Waals surface area contributed by atoms with Gasteiger partial charge in [-0.2, -0.15) is 0 Å². The molecule has 2 N–H and O–H groups in total. The average Bonchev–Trinajstić information content (AvgIpc) is 2.37. The van der Waals surface area contributed by atoms with Gasteiger partial charge in [0.1, 0.15) is 0 Å². The van der Waals surface area contributed by atoms with Gasteiger partial charge >= 0.3 is 0 Å². The molecule has 0 bridgehead atoms. The number of carbonyl (C=O) groups is 2. The molecule has 0 spiro atoms. The van der Waals surface area contributed by atoms with Crippen molar-refractivity contribution in [1.82, 2.24) is 0 Å². The SMILES string of the molecule is CC(C)CC(C(N)=O)C(C)N(C=O)c1ccccc1. The zero-order valence-corrected chi connectivity index (χ0v) is 11.7. The van der Waals surface area contributed by atoms with E-state index in [4.69, 9.17) is 5.73 Å². The van der Waals surface area contributed by atoms with Gasteiger partial charge in [-0.05, 0) is 31.4 Å². The fourth-order valence-corrected chi connectivity index (χ4v) is 2.24. The Hall–Kier alpha value is -1.84. The van der Waals surface area contributed by atoms with E-state index in [9.17, 15) is 9.59 Å². The molecule has 4 heteroatoms. The van der Waals surface area contributed by atoms with Gasteiger partial charge in [-0.3, -0.25) is 9.59 Å². The Morgan fingerprint density at radius 1 is 1.26 bits per heavy atom. The fraction of sp³-hybridized carbons (Fsp3) is 0.467. The largest absolute Gasteiger partial charge is 0.369 e. The minimum absolute atomic E-state index is 0.250. The second-order valence-corrected chi connectivity index (χ2v) is 5.23. The molecule has 2 unspecified atom stereocenters. The Labute approximate surface area is 114 Å². The van der Waals surface area contributed by atoms with Crippen molar-refractivity contribution < 1.29 is 9.59 Å². The van der Waals surface area contributed by atoms with Crippen LogP contribution < -0.4 is 10.6 Å². The van der Waals surface area contributed by atoms with Gasteiger partial charge in [-0.25, -0.2) is 0 Å². The number of benzene rings is 1. The number of carbonyl (C=O) groups excluding carboxylic acids is 2. The quantitative estimate of drug-likeness (QED) is 0.765. The number of primary amides is 1. The predicted molar refractivity (Wildman–Crippen MR) is 76.6 cm³/mol. The third kappa shape index (κ3) is 4.09. The van der Waals surface area contributed by atoms with E-state index in [1.807, 2.05) is 51.1 Å². The minimum atomic E-state index is -0.357. The van der Waals surface area contributed by atoms with E-state index in [0.29, 0.717) is 12.3 Å². The summed E-state index contributed by atoms with van der Waals surface area (Å²) in [5.74, 6) is -0.349. The number of nitrogens with two attached hydrogens (primary N) is 1. The molecule has 0 aliphatic rings. The van der Waals surface area contributed by atoms with Gasteiger partial charge in [-0.1, -0.05) is 32.0 Å². The summed E-state index contributed by atoms with van der Waals surface area (Å²) >= 11 is 0. The van der Waals surface area contributed by atoms with Gasteiger partial charge in [0.15, 0.2) is 0 Å². The first-order valence-corrected chi connectivity index (χ1v) is 6.55. The number of para-hydroxylation sites is 1. The van der Waals surface area contributed by atoms with Crippen LogP contribution in [0.2, 0.25) is 0 Å². The zero-order chi connectivity index (χ0) is 14.4. The fourth-order valence-electron chi connectivity index (χ4n) is 2.24. The first-order valence-electron chi connectivity index (χ1n) is 6.55. The molecule has 4 nitrogen and oxygen atoms in total. The maximum atomic E-state index is 11.6. The zero-order valence-electron chi connectivity index (χ0n) is 11.7. The molecular formula is C15H22N2O2. The number of amides is 2. The van der Waals surface area contributed by atoms with Gasteiger partial charge in [0.2, 0.25) is 12.3 Å². The molecule has 0 aliphatic heterocycles. The Morgan fingerprint density at radius 3 is 2.26 bits per heavy atom. The van der Waals surface area contributed by atoms with Crippen LogP contribution in [0.5, 0.6) is 0 Å². The summed E-state index contributed by atoms with van der Waals surface area (Å²) in [5.41, 5.74) is 6.25. The Morgan fingerprint density at radius 2 is 1.84 bits per heavy atom. The van der Waals surface area contributed by atoms with E-state index in [2.05, 4.69) is 0 Å². The third-order valence-electron chi connectivity index (χ3n) is 3.28. The van der Waals surface area contributed by atoms with Crippen molar-refractivity contribution >= 4 is 18.0 Å². The first kappa shape index (κ1) is 15.2. The molecule has 19 heavy (non-hydrogen) atoms. The van der Waals surface area contributed by atoms with Gasteiger partial charge in [0.25, 0.3) is 0 Å². The molecule has 1 aromatic carbocycles. The molecule has 104 valence electrons. The Balaban J connectivity index is 2.96. The maximum Gasteiger partial charge on any atom is 0.222 e. The van der Waals surface area contributed by atoms with Crippen molar-refractivity contribution in [1.29, 1.82) is 0 Å². The topological polar surface area (TPSA) is 63.4 Å². The molecule has 0 radical (unpaired) electrons. The predicted octanol–water partition coefficient (Wildman–Crippen LogP) is 2.19. The van der Waals surface area contributed by atoms with E-state index in [1.165, 1.54) is 0 Å². The van der Waals surface area contributed by atoms with Crippen molar-refractivity contribution in [2.24, 2.45) is 17.6 Å². The Bertz CT molecular complexity index is 417. The van der Waals surface area contributed by atoms with Crippen molar-refractivity contribution in [3.8, 4) is 0 Å². The summed E-state index contributed by atoms with van der Waals surface area (Å²) < 4.78 is 0. The van der Waals surface area contributed by atoms with Crippen LogP contribution in [0.4, 0.5) is 5.69 Å². The highest BCUT2D eigenvalue weighted by Crippen LogP contribution is 2.23. The van der Waals surface area contributed by atoms with Crippen LogP contribution in [-0.4, -0.2) is 18.4 Å². The molecule has 2 atom stereocenters. The van der Waals surface area contributed by atoms with Crippen LogP contribution in [0.1, 0.15) is 27.2 Å². The number of anilines is 1. The number of nitrogens with zero attached hydrogens (tertiary/aromatic N) is 1. The molecule has 0 saturated heterocycles. The summed E-state index contributed by atoms with van der Waals surface area (Å²) in [6.45, 7) is 5.94. The highest BCUT2D eigenvalue weighted by molar-refractivity contribution is 5.82. The molecule has 1 rings (SSSR count). The summed E-state index contributed by atoms with van der Waals surface area (Å²) in [5, 5.41) is 0. The highest BCUT2D eigenvalue weighted by Gasteiger charge is 2.28. The summed E-state index contributed by atoms with van der Waals surface area (Å²) in [7, 11) is 0. The number of hydrogen-bond acceptors (Lipinski definition) is 2. The van der Waals surface area contributed by atoms with E-state index >= 15 is 0 Å². The average molecular weight is 262 g/mol. The number of hydrogen-bond donors (Lipinski definition) is 1. The van der Waals surface area contributed by atoms with Crippen LogP contribution in [0, 0.1) is 11.8 Å². The maximum absolute atomic E-state index is 11.6. The van der Waals surface area contributed by atoms with E-state index in [-0.39, 0.29) is 17.9 Å². The molecule has 1 aromatic rings. The van der Waals surface area contributed by atoms with Crippen molar-refractivity contribution in [3.63, 3.8) is 0 Å². The summed E-state index contributed by atoms with van der Waals surface area (Å²) in [6.07, 6.45) is 1.43. The molecule has 0 heterocycles. The van der Waals surface area contributed by atoms with Crippen LogP contribution in [0.3, 0.4) is 0 Å². The number of rotatable bonds is 7. The lowest BCUT2D eigenvalue weighted by Crippen LogP contribution is -2.44. The normalized spacial score (nSPS) is 13.9. The lowest BCUT2D eigenvalue weighted by atomic mass is 9.89. The van der Waals surface area contributed by atoms with E-state index in [0.717, 1.165) is 12.1 Å². The van der Waals surface area contributed by atoms with Crippen LogP contribution in [-0.2, 0) is 9.59 Å². The molecular weight excluding hydrogens is 240 g/mol. The molecule has 0 aromatic heterocycles. The molecule has 0 saturated carbocycles. The molecule has 2 amide bonds. The van der Waals surface area contributed by atoms with Crippen LogP contribution in [0.25, 0.3) is 0 Å².